The number of nitro groups is 1. The average molecular weight is 357 g/mol. The molecule has 0 atom stereocenters. The third-order valence-electron chi connectivity index (χ3n) is 4.53. The van der Waals surface area contributed by atoms with Gasteiger partial charge in [-0.3, -0.25) is 10.1 Å². The molecular weight excluding hydrogens is 338 g/mol. The summed E-state index contributed by atoms with van der Waals surface area (Å²) >= 11 is 0. The third kappa shape index (κ3) is 3.19. The Kier molecular flexibility index (Phi) is 4.42. The van der Waals surface area contributed by atoms with Crippen molar-refractivity contribution in [2.75, 3.05) is 30.1 Å². The van der Waals surface area contributed by atoms with Crippen molar-refractivity contribution in [3.63, 3.8) is 0 Å². The highest BCUT2D eigenvalue weighted by Gasteiger charge is 2.28. The van der Waals surface area contributed by atoms with Crippen LogP contribution in [-0.4, -0.2) is 34.8 Å². The molecule has 0 amide bonds. The molecule has 1 aromatic carbocycles. The van der Waals surface area contributed by atoms with Crippen molar-refractivity contribution in [3.05, 3.63) is 34.6 Å². The maximum absolute atomic E-state index is 11.8. The van der Waals surface area contributed by atoms with Crippen molar-refractivity contribution in [1.29, 1.82) is 0 Å². The maximum atomic E-state index is 11.8. The van der Waals surface area contributed by atoms with Crippen molar-refractivity contribution in [2.24, 2.45) is 0 Å². The molecule has 1 N–H and O–H groups in total. The Morgan fingerprint density at radius 2 is 1.85 bits per heavy atom. The summed E-state index contributed by atoms with van der Waals surface area (Å²) in [4.78, 5) is 21.6. The van der Waals surface area contributed by atoms with Gasteiger partial charge in [-0.05, 0) is 25.0 Å². The molecule has 4 rings (SSSR count). The van der Waals surface area contributed by atoms with E-state index in [9.17, 15) is 10.1 Å². The van der Waals surface area contributed by atoms with E-state index in [1.807, 2.05) is 4.90 Å². The molecule has 26 heavy (non-hydrogen) atoms. The Morgan fingerprint density at radius 3 is 2.62 bits per heavy atom. The fourth-order valence-corrected chi connectivity index (χ4v) is 3.25. The Morgan fingerprint density at radius 1 is 1.08 bits per heavy atom. The van der Waals surface area contributed by atoms with Crippen LogP contribution in [0.1, 0.15) is 25.7 Å². The van der Waals surface area contributed by atoms with E-state index in [1.165, 1.54) is 6.33 Å². The van der Waals surface area contributed by atoms with Crippen LogP contribution < -0.4 is 19.7 Å². The fraction of sp³-hybridized carbons (Fsp3) is 0.412. The first kappa shape index (κ1) is 16.4. The van der Waals surface area contributed by atoms with Crippen molar-refractivity contribution >= 4 is 23.0 Å². The predicted octanol–water partition coefficient (Wildman–Crippen LogP) is 3.24. The van der Waals surface area contributed by atoms with Gasteiger partial charge in [-0.1, -0.05) is 12.8 Å². The molecule has 1 saturated heterocycles. The lowest BCUT2D eigenvalue weighted by atomic mass is 10.2. The molecule has 3 heterocycles. The van der Waals surface area contributed by atoms with E-state index in [1.54, 1.807) is 18.2 Å². The summed E-state index contributed by atoms with van der Waals surface area (Å²) in [6.07, 6.45) is 5.65. The summed E-state index contributed by atoms with van der Waals surface area (Å²) in [6, 6.07) is 5.26. The highest BCUT2D eigenvalue weighted by Crippen LogP contribution is 2.38. The van der Waals surface area contributed by atoms with E-state index in [2.05, 4.69) is 15.3 Å². The Hall–Kier alpha value is -3.10. The quantitative estimate of drug-likeness (QED) is 0.657. The number of anilines is 3. The normalized spacial score (nSPS) is 16.2. The van der Waals surface area contributed by atoms with E-state index in [0.29, 0.717) is 23.0 Å². The van der Waals surface area contributed by atoms with Crippen LogP contribution in [-0.2, 0) is 0 Å². The molecule has 0 saturated carbocycles. The monoisotopic (exact) mass is 357 g/mol. The Labute approximate surface area is 150 Å². The molecule has 9 nitrogen and oxygen atoms in total. The van der Waals surface area contributed by atoms with Gasteiger partial charge >= 0.3 is 5.69 Å². The number of benzene rings is 1. The molecule has 2 aliphatic rings. The lowest BCUT2D eigenvalue weighted by Gasteiger charge is -2.21. The number of aromatic nitrogens is 2. The largest absolute Gasteiger partial charge is 0.454 e. The van der Waals surface area contributed by atoms with Crippen LogP contribution in [0.5, 0.6) is 11.5 Å². The van der Waals surface area contributed by atoms with E-state index < -0.39 is 4.92 Å². The van der Waals surface area contributed by atoms with Crippen molar-refractivity contribution in [3.8, 4) is 11.5 Å². The van der Waals surface area contributed by atoms with Crippen LogP contribution in [0.3, 0.4) is 0 Å². The molecule has 1 fully saturated rings. The zero-order valence-electron chi connectivity index (χ0n) is 14.2. The molecule has 0 spiro atoms. The van der Waals surface area contributed by atoms with Crippen LogP contribution in [0.4, 0.5) is 23.0 Å². The first-order valence-electron chi connectivity index (χ1n) is 8.63. The molecule has 9 heteroatoms. The van der Waals surface area contributed by atoms with Crippen LogP contribution >= 0.6 is 0 Å². The number of hydrogen-bond acceptors (Lipinski definition) is 8. The van der Waals surface area contributed by atoms with Gasteiger partial charge in [0.15, 0.2) is 11.5 Å². The predicted molar refractivity (Wildman–Crippen MR) is 95.2 cm³/mol. The number of ether oxygens (including phenoxy) is 2. The van der Waals surface area contributed by atoms with Crippen molar-refractivity contribution in [2.45, 2.75) is 25.7 Å². The molecule has 0 unspecified atom stereocenters. The van der Waals surface area contributed by atoms with E-state index in [-0.39, 0.29) is 18.3 Å². The number of nitrogens with one attached hydrogen (secondary N) is 1. The number of rotatable bonds is 4. The Bertz CT molecular complexity index is 821. The van der Waals surface area contributed by atoms with Gasteiger partial charge in [-0.15, -0.1) is 0 Å². The molecule has 1 aromatic heterocycles. The number of nitrogens with zero attached hydrogens (tertiary/aromatic N) is 4. The number of hydrogen-bond donors (Lipinski definition) is 1. The van der Waals surface area contributed by atoms with Crippen LogP contribution in [0.25, 0.3) is 0 Å². The zero-order valence-corrected chi connectivity index (χ0v) is 14.2. The summed E-state index contributed by atoms with van der Waals surface area (Å²) in [6.45, 7) is 1.70. The van der Waals surface area contributed by atoms with E-state index >= 15 is 0 Å². The molecule has 0 radical (unpaired) electrons. The summed E-state index contributed by atoms with van der Waals surface area (Å²) in [5, 5.41) is 14.8. The lowest BCUT2D eigenvalue weighted by molar-refractivity contribution is -0.383. The Balaban J connectivity index is 1.67. The van der Waals surface area contributed by atoms with Gasteiger partial charge in [0, 0.05) is 24.8 Å². The smallest absolute Gasteiger partial charge is 0.353 e. The van der Waals surface area contributed by atoms with Gasteiger partial charge in [0.25, 0.3) is 0 Å². The molecule has 0 aliphatic carbocycles. The van der Waals surface area contributed by atoms with Gasteiger partial charge in [0.05, 0.1) is 4.92 Å². The summed E-state index contributed by atoms with van der Waals surface area (Å²) < 4.78 is 10.6. The van der Waals surface area contributed by atoms with Crippen LogP contribution in [0.2, 0.25) is 0 Å². The van der Waals surface area contributed by atoms with Gasteiger partial charge in [-0.2, -0.15) is 0 Å². The molecule has 136 valence electrons. The topological polar surface area (TPSA) is 103 Å². The molecule has 2 aliphatic heterocycles. The third-order valence-corrected chi connectivity index (χ3v) is 4.53. The van der Waals surface area contributed by atoms with Crippen molar-refractivity contribution < 1.29 is 14.4 Å². The maximum Gasteiger partial charge on any atom is 0.353 e. The molecule has 0 bridgehead atoms. The molecule has 2 aromatic rings. The standard InChI is InChI=1S/C17H19N5O4/c23-22(24)15-16(20-12-5-6-13-14(9-12)26-11-25-13)18-10-19-17(15)21-7-3-1-2-4-8-21/h5-6,9-10H,1-4,7-8,11H2,(H,18,19,20). The highest BCUT2D eigenvalue weighted by molar-refractivity contribution is 5.75. The second-order valence-corrected chi connectivity index (χ2v) is 6.25. The second-order valence-electron chi connectivity index (χ2n) is 6.25. The van der Waals surface area contributed by atoms with Gasteiger partial charge in [0.2, 0.25) is 18.4 Å². The van der Waals surface area contributed by atoms with Crippen molar-refractivity contribution in [1.82, 2.24) is 9.97 Å². The minimum absolute atomic E-state index is 0.105. The van der Waals surface area contributed by atoms with E-state index in [0.717, 1.165) is 38.8 Å². The number of fused-ring (bicyclic) bond motifs is 1. The summed E-state index contributed by atoms with van der Waals surface area (Å²) in [5.74, 6) is 1.79. The SMILES string of the molecule is O=[N+]([O-])c1c(Nc2ccc3c(c2)OCO3)ncnc1N1CCCCCC1. The van der Waals surface area contributed by atoms with Gasteiger partial charge < -0.3 is 19.7 Å². The van der Waals surface area contributed by atoms with E-state index in [4.69, 9.17) is 9.47 Å². The molecular formula is C17H19N5O4. The summed E-state index contributed by atoms with van der Waals surface area (Å²) in [5.41, 5.74) is 0.532. The van der Waals surface area contributed by atoms with Gasteiger partial charge in [0.1, 0.15) is 6.33 Å². The minimum atomic E-state index is -0.421. The van der Waals surface area contributed by atoms with Gasteiger partial charge in [-0.25, -0.2) is 9.97 Å². The fourth-order valence-electron chi connectivity index (χ4n) is 3.25. The first-order valence-corrected chi connectivity index (χ1v) is 8.63. The highest BCUT2D eigenvalue weighted by atomic mass is 16.7. The summed E-state index contributed by atoms with van der Waals surface area (Å²) in [7, 11) is 0. The first-order chi connectivity index (χ1) is 12.7. The average Bonchev–Trinajstić information content (AvgIpc) is 2.93. The zero-order chi connectivity index (χ0) is 17.9. The minimum Gasteiger partial charge on any atom is -0.454 e. The van der Waals surface area contributed by atoms with Crippen LogP contribution in [0.15, 0.2) is 24.5 Å². The lowest BCUT2D eigenvalue weighted by Crippen LogP contribution is -2.26. The van der Waals surface area contributed by atoms with Crippen LogP contribution in [0, 0.1) is 10.1 Å². The second kappa shape index (κ2) is 7.03.